The highest BCUT2D eigenvalue weighted by molar-refractivity contribution is 6.89. The van der Waals surface area contributed by atoms with E-state index in [9.17, 15) is 4.39 Å². The van der Waals surface area contributed by atoms with Crippen molar-refractivity contribution in [3.8, 4) is 11.3 Å². The summed E-state index contributed by atoms with van der Waals surface area (Å²) in [6.45, 7) is 23.2. The van der Waals surface area contributed by atoms with Crippen molar-refractivity contribution in [2.45, 2.75) is 84.6 Å². The van der Waals surface area contributed by atoms with Gasteiger partial charge in [-0.15, -0.1) is 0 Å². The maximum Gasteiger partial charge on any atom is 0.213 e. The van der Waals surface area contributed by atoms with Crippen LogP contribution < -0.4 is 20.0 Å². The average molecular weight is 673 g/mol. The van der Waals surface area contributed by atoms with Crippen molar-refractivity contribution in [2.75, 3.05) is 17.3 Å². The highest BCUT2D eigenvalue weighted by Crippen LogP contribution is 2.44. The molecule has 0 bridgehead atoms. The molecule has 2 heterocycles. The molecule has 256 valence electrons. The van der Waals surface area contributed by atoms with Gasteiger partial charge in [-0.25, -0.2) is 4.39 Å². The van der Waals surface area contributed by atoms with Crippen LogP contribution >= 0.6 is 0 Å². The zero-order valence-electron chi connectivity index (χ0n) is 30.7. The molecule has 1 aliphatic rings. The third kappa shape index (κ3) is 8.69. The second kappa shape index (κ2) is 15.5. The lowest BCUT2D eigenvalue weighted by Gasteiger charge is -2.34. The second-order valence-corrected chi connectivity index (χ2v) is 20.3. The number of para-hydroxylation sites is 2. The van der Waals surface area contributed by atoms with E-state index < -0.39 is 8.07 Å². The molecule has 0 aliphatic carbocycles. The Kier molecular flexibility index (Phi) is 11.4. The lowest BCUT2D eigenvalue weighted by Crippen LogP contribution is -2.54. The predicted octanol–water partition coefficient (Wildman–Crippen LogP) is 10.9. The Hall–Kier alpha value is -4.22. The zero-order valence-corrected chi connectivity index (χ0v) is 31.7. The lowest BCUT2D eigenvalue weighted by atomic mass is 9.78. The monoisotopic (exact) mass is 672 g/mol. The molecule has 1 aromatic heterocycles. The van der Waals surface area contributed by atoms with Gasteiger partial charge >= 0.3 is 0 Å². The Balaban J connectivity index is 1.56. The van der Waals surface area contributed by atoms with Crippen LogP contribution in [0.1, 0.15) is 68.7 Å². The molecule has 0 fully saturated rings. The summed E-state index contributed by atoms with van der Waals surface area (Å²) >= 11 is 0. The number of pyridine rings is 1. The van der Waals surface area contributed by atoms with E-state index in [0.29, 0.717) is 5.92 Å². The van der Waals surface area contributed by atoms with Gasteiger partial charge in [-0.05, 0) is 73.1 Å². The van der Waals surface area contributed by atoms with Crippen LogP contribution in [0, 0.1) is 5.92 Å². The Bertz CT molecular complexity index is 1810. The second-order valence-electron chi connectivity index (χ2n) is 15.2. The summed E-state index contributed by atoms with van der Waals surface area (Å²) in [5, 5.41) is 5.20. The molecule has 0 spiro atoms. The maximum atomic E-state index is 13.9. The van der Waals surface area contributed by atoms with Crippen LogP contribution in [0.15, 0.2) is 127 Å². The van der Waals surface area contributed by atoms with Gasteiger partial charge in [0.1, 0.15) is 0 Å². The Labute approximate surface area is 295 Å². The van der Waals surface area contributed by atoms with Crippen molar-refractivity contribution in [1.29, 1.82) is 0 Å². The van der Waals surface area contributed by atoms with Gasteiger partial charge in [0.15, 0.2) is 12.2 Å². The number of benzene rings is 3. The molecule has 4 aromatic rings. The first-order valence-electron chi connectivity index (χ1n) is 17.8. The summed E-state index contributed by atoms with van der Waals surface area (Å²) in [6.07, 6.45) is 7.54. The van der Waals surface area contributed by atoms with Crippen LogP contribution in [0.5, 0.6) is 0 Å². The number of hydrogen-bond donors (Lipinski definition) is 1. The SMILES string of the molecule is C=C(/C=C(\C)F)CCC1c2ccccc2-c2cc(CC(C)C)c([Si](C)(C)C)c[n+]2C1CC(=C)N(C)c1ccccc1NCc1ccccc1. The largest absolute Gasteiger partial charge is 0.379 e. The third-order valence-corrected chi connectivity index (χ3v) is 11.9. The molecule has 1 aliphatic heterocycles. The lowest BCUT2D eigenvalue weighted by molar-refractivity contribution is -0.717. The van der Waals surface area contributed by atoms with Crippen LogP contribution in [0.3, 0.4) is 0 Å². The van der Waals surface area contributed by atoms with Gasteiger partial charge in [0.05, 0.1) is 31.7 Å². The summed E-state index contributed by atoms with van der Waals surface area (Å²) in [7, 11) is 0.451. The maximum absolute atomic E-state index is 13.9. The molecule has 49 heavy (non-hydrogen) atoms. The van der Waals surface area contributed by atoms with Crippen LogP contribution in [0.25, 0.3) is 11.3 Å². The van der Waals surface area contributed by atoms with Crippen LogP contribution in [0.2, 0.25) is 19.6 Å². The van der Waals surface area contributed by atoms with E-state index in [0.717, 1.165) is 54.9 Å². The molecule has 0 amide bonds. The van der Waals surface area contributed by atoms with Crippen molar-refractivity contribution in [3.63, 3.8) is 0 Å². The molecule has 0 radical (unpaired) electrons. The Morgan fingerprint density at radius 3 is 2.35 bits per heavy atom. The number of allylic oxidation sites excluding steroid dienone is 4. The first kappa shape index (κ1) is 36.1. The molecule has 1 N–H and O–H groups in total. The molecule has 2 atom stereocenters. The normalized spacial score (nSPS) is 15.8. The average Bonchev–Trinajstić information content (AvgIpc) is 3.06. The number of anilines is 2. The first-order chi connectivity index (χ1) is 23.3. The van der Waals surface area contributed by atoms with E-state index in [1.54, 1.807) is 6.08 Å². The fourth-order valence-electron chi connectivity index (χ4n) is 7.38. The Morgan fingerprint density at radius 1 is 0.980 bits per heavy atom. The fourth-order valence-corrected chi connectivity index (χ4v) is 9.04. The standard InChI is InChI=1S/C44H55FN3Si/c1-31(2)25-36-28-43-38-20-14-13-19-37(38)39(24-23-32(3)26-33(4)45)42(48(43)30-44(36)49(7,8)9)27-34(5)47(6)41-22-16-15-21-40(41)46-29-35-17-11-10-12-18-35/h10-22,26,28,30-31,39,42,46H,3,5,23-25,27,29H2,1-2,4,6-9H3/q+1/b33-26+. The van der Waals surface area contributed by atoms with Gasteiger partial charge in [0, 0.05) is 42.0 Å². The number of halogens is 1. The minimum Gasteiger partial charge on any atom is -0.379 e. The van der Waals surface area contributed by atoms with Gasteiger partial charge in [-0.2, -0.15) is 4.57 Å². The van der Waals surface area contributed by atoms with Gasteiger partial charge in [0.2, 0.25) is 5.69 Å². The summed E-state index contributed by atoms with van der Waals surface area (Å²) in [5.41, 5.74) is 10.7. The van der Waals surface area contributed by atoms with Gasteiger partial charge in [-0.1, -0.05) is 113 Å². The van der Waals surface area contributed by atoms with E-state index in [1.165, 1.54) is 40.1 Å². The third-order valence-electron chi connectivity index (χ3n) is 9.79. The van der Waals surface area contributed by atoms with Crippen LogP contribution in [-0.4, -0.2) is 15.1 Å². The van der Waals surface area contributed by atoms with Gasteiger partial charge in [0.25, 0.3) is 0 Å². The van der Waals surface area contributed by atoms with E-state index >= 15 is 0 Å². The summed E-state index contributed by atoms with van der Waals surface area (Å²) in [5.74, 6) is 0.584. The number of nitrogens with one attached hydrogen (secondary N) is 1. The Morgan fingerprint density at radius 2 is 1.65 bits per heavy atom. The van der Waals surface area contributed by atoms with Crippen LogP contribution in [0.4, 0.5) is 15.8 Å². The summed E-state index contributed by atoms with van der Waals surface area (Å²) in [4.78, 5) is 2.26. The smallest absolute Gasteiger partial charge is 0.213 e. The van der Waals surface area contributed by atoms with E-state index in [4.69, 9.17) is 6.58 Å². The van der Waals surface area contributed by atoms with Gasteiger partial charge in [-0.3, -0.25) is 0 Å². The van der Waals surface area contributed by atoms with Crippen molar-refractivity contribution in [1.82, 2.24) is 0 Å². The van der Waals surface area contributed by atoms with E-state index in [-0.39, 0.29) is 17.8 Å². The van der Waals surface area contributed by atoms with E-state index in [1.807, 2.05) is 0 Å². The van der Waals surface area contributed by atoms with Gasteiger partial charge < -0.3 is 10.2 Å². The van der Waals surface area contributed by atoms with Crippen molar-refractivity contribution >= 4 is 24.6 Å². The molecular weight excluding hydrogens is 618 g/mol. The molecule has 3 nitrogen and oxygen atoms in total. The molecule has 3 aromatic carbocycles. The highest BCUT2D eigenvalue weighted by atomic mass is 28.3. The minimum atomic E-state index is -1.69. The number of fused-ring (bicyclic) bond motifs is 3. The first-order valence-corrected chi connectivity index (χ1v) is 21.3. The topological polar surface area (TPSA) is 19.1 Å². The fraction of sp³-hybridized carbons (Fsp3) is 0.341. The highest BCUT2D eigenvalue weighted by Gasteiger charge is 2.42. The molecule has 2 unspecified atom stereocenters. The quantitative estimate of drug-likeness (QED) is 0.0817. The predicted molar refractivity (Wildman–Crippen MR) is 211 cm³/mol. The van der Waals surface area contributed by atoms with Crippen LogP contribution in [-0.2, 0) is 13.0 Å². The number of rotatable bonds is 14. The van der Waals surface area contributed by atoms with Crippen molar-refractivity contribution in [3.05, 3.63) is 144 Å². The summed E-state index contributed by atoms with van der Waals surface area (Å²) < 4.78 is 16.5. The molecule has 5 heteroatoms. The molecule has 5 rings (SSSR count). The number of hydrogen-bond acceptors (Lipinski definition) is 2. The zero-order chi connectivity index (χ0) is 35.3. The minimum absolute atomic E-state index is 0.135. The molecular formula is C44H55FN3Si+. The van der Waals surface area contributed by atoms with E-state index in [2.05, 4.69) is 153 Å². The molecule has 0 saturated heterocycles. The number of nitrogens with zero attached hydrogens (tertiary/aromatic N) is 2. The molecule has 0 saturated carbocycles. The van der Waals surface area contributed by atoms with Crippen molar-refractivity contribution < 1.29 is 8.96 Å². The number of aromatic nitrogens is 1. The summed E-state index contributed by atoms with van der Waals surface area (Å²) in [6, 6.07) is 30.6. The van der Waals surface area contributed by atoms with Crippen molar-refractivity contribution in [2.24, 2.45) is 5.92 Å².